The molecule has 1 heterocycles. The third kappa shape index (κ3) is 4.24. The van der Waals surface area contributed by atoms with Crippen LogP contribution in [0.2, 0.25) is 0 Å². The van der Waals surface area contributed by atoms with Gasteiger partial charge in [-0.2, -0.15) is 0 Å². The van der Waals surface area contributed by atoms with Gasteiger partial charge < -0.3 is 4.74 Å². The van der Waals surface area contributed by atoms with Crippen LogP contribution in [0.25, 0.3) is 0 Å². The first-order valence-corrected chi connectivity index (χ1v) is 8.71. The SMILES string of the molecule is Cc1cc(Oc2ccccc2)ccc1C(=O)CN1CCC(C)CC1. The Hall–Kier alpha value is -2.13. The van der Waals surface area contributed by atoms with Gasteiger partial charge in [-0.1, -0.05) is 25.1 Å². The van der Waals surface area contributed by atoms with E-state index in [-0.39, 0.29) is 5.78 Å². The van der Waals surface area contributed by atoms with E-state index in [4.69, 9.17) is 4.74 Å². The molecule has 2 aromatic carbocycles. The monoisotopic (exact) mass is 323 g/mol. The van der Waals surface area contributed by atoms with Gasteiger partial charge in [0.05, 0.1) is 6.54 Å². The van der Waals surface area contributed by atoms with Gasteiger partial charge in [0, 0.05) is 5.56 Å². The summed E-state index contributed by atoms with van der Waals surface area (Å²) in [4.78, 5) is 14.9. The number of Topliss-reactive ketones (excluding diaryl/α,β-unsaturated/α-hetero) is 1. The first-order valence-electron chi connectivity index (χ1n) is 8.71. The van der Waals surface area contributed by atoms with Gasteiger partial charge >= 0.3 is 0 Å². The quantitative estimate of drug-likeness (QED) is 0.747. The number of carbonyl (C=O) groups excluding carboxylic acids is 1. The van der Waals surface area contributed by atoms with Crippen LogP contribution in [0, 0.1) is 12.8 Å². The highest BCUT2D eigenvalue weighted by molar-refractivity contribution is 5.99. The topological polar surface area (TPSA) is 29.5 Å². The molecule has 0 bridgehead atoms. The fourth-order valence-electron chi connectivity index (χ4n) is 3.15. The highest BCUT2D eigenvalue weighted by Gasteiger charge is 2.19. The Labute approximate surface area is 144 Å². The first-order chi connectivity index (χ1) is 11.6. The number of piperidine rings is 1. The number of nitrogens with zero attached hydrogens (tertiary/aromatic N) is 1. The second-order valence-electron chi connectivity index (χ2n) is 6.77. The van der Waals surface area contributed by atoms with Crippen molar-refractivity contribution < 1.29 is 9.53 Å². The molecule has 1 aliphatic heterocycles. The van der Waals surface area contributed by atoms with Crippen LogP contribution >= 0.6 is 0 Å². The lowest BCUT2D eigenvalue weighted by Crippen LogP contribution is -2.36. The summed E-state index contributed by atoms with van der Waals surface area (Å²) >= 11 is 0. The van der Waals surface area contributed by atoms with Gasteiger partial charge in [0.1, 0.15) is 11.5 Å². The molecule has 1 aliphatic rings. The number of carbonyl (C=O) groups is 1. The van der Waals surface area contributed by atoms with Crippen molar-refractivity contribution in [2.75, 3.05) is 19.6 Å². The van der Waals surface area contributed by atoms with E-state index in [2.05, 4.69) is 11.8 Å². The molecule has 3 nitrogen and oxygen atoms in total. The number of rotatable bonds is 5. The summed E-state index contributed by atoms with van der Waals surface area (Å²) in [5.41, 5.74) is 1.77. The van der Waals surface area contributed by atoms with E-state index >= 15 is 0 Å². The lowest BCUT2D eigenvalue weighted by molar-refractivity contribution is 0.0899. The predicted molar refractivity (Wildman–Crippen MR) is 96.9 cm³/mol. The molecule has 2 aromatic rings. The van der Waals surface area contributed by atoms with E-state index in [0.29, 0.717) is 6.54 Å². The van der Waals surface area contributed by atoms with Gasteiger partial charge in [0.25, 0.3) is 0 Å². The van der Waals surface area contributed by atoms with Crippen LogP contribution in [0.4, 0.5) is 0 Å². The van der Waals surface area contributed by atoms with Crippen molar-refractivity contribution in [1.82, 2.24) is 4.90 Å². The standard InChI is InChI=1S/C21H25NO2/c1-16-10-12-22(13-11-16)15-21(23)20-9-8-19(14-17(20)2)24-18-6-4-3-5-7-18/h3-9,14,16H,10-13,15H2,1-2H3. The van der Waals surface area contributed by atoms with Gasteiger partial charge in [-0.05, 0) is 74.7 Å². The molecule has 0 saturated carbocycles. The molecule has 0 unspecified atom stereocenters. The number of para-hydroxylation sites is 1. The van der Waals surface area contributed by atoms with Crippen molar-refractivity contribution >= 4 is 5.78 Å². The Morgan fingerprint density at radius 2 is 1.79 bits per heavy atom. The molecule has 0 aromatic heterocycles. The molecule has 0 N–H and O–H groups in total. The summed E-state index contributed by atoms with van der Waals surface area (Å²) in [7, 11) is 0. The van der Waals surface area contributed by atoms with E-state index in [1.807, 2.05) is 55.5 Å². The van der Waals surface area contributed by atoms with Gasteiger partial charge in [-0.15, -0.1) is 0 Å². The third-order valence-corrected chi connectivity index (χ3v) is 4.72. The summed E-state index contributed by atoms with van der Waals surface area (Å²) in [5.74, 6) is 2.56. The van der Waals surface area contributed by atoms with E-state index < -0.39 is 0 Å². The number of hydrogen-bond acceptors (Lipinski definition) is 3. The van der Waals surface area contributed by atoms with Gasteiger partial charge in [-0.25, -0.2) is 0 Å². The van der Waals surface area contributed by atoms with Crippen LogP contribution in [0.1, 0.15) is 35.7 Å². The molecule has 1 fully saturated rings. The molecular formula is C21H25NO2. The minimum absolute atomic E-state index is 0.202. The van der Waals surface area contributed by atoms with Crippen molar-refractivity contribution in [3.63, 3.8) is 0 Å². The predicted octanol–water partition coefficient (Wildman–Crippen LogP) is 4.70. The van der Waals surface area contributed by atoms with Crippen LogP contribution in [0.5, 0.6) is 11.5 Å². The normalized spacial score (nSPS) is 16.1. The molecule has 3 rings (SSSR count). The average Bonchev–Trinajstić information content (AvgIpc) is 2.58. The minimum Gasteiger partial charge on any atom is -0.457 e. The number of ether oxygens (including phenoxy) is 1. The van der Waals surface area contributed by atoms with Crippen molar-refractivity contribution in [2.24, 2.45) is 5.92 Å². The maximum Gasteiger partial charge on any atom is 0.177 e. The van der Waals surface area contributed by atoms with Crippen molar-refractivity contribution in [2.45, 2.75) is 26.7 Å². The molecular weight excluding hydrogens is 298 g/mol. The molecule has 3 heteroatoms. The molecule has 0 amide bonds. The molecule has 24 heavy (non-hydrogen) atoms. The number of ketones is 1. The van der Waals surface area contributed by atoms with Crippen molar-refractivity contribution in [3.8, 4) is 11.5 Å². The number of aryl methyl sites for hydroxylation is 1. The molecule has 0 aliphatic carbocycles. The van der Waals surface area contributed by atoms with Gasteiger partial charge in [0.15, 0.2) is 5.78 Å². The minimum atomic E-state index is 0.202. The molecule has 126 valence electrons. The Kier molecular flexibility index (Phi) is 5.31. The summed E-state index contributed by atoms with van der Waals surface area (Å²) in [6, 6.07) is 15.4. The van der Waals surface area contributed by atoms with E-state index in [9.17, 15) is 4.79 Å². The largest absolute Gasteiger partial charge is 0.457 e. The Balaban J connectivity index is 1.64. The number of hydrogen-bond donors (Lipinski definition) is 0. The van der Waals surface area contributed by atoms with Crippen LogP contribution < -0.4 is 4.74 Å². The van der Waals surface area contributed by atoms with Crippen LogP contribution in [-0.4, -0.2) is 30.3 Å². The second kappa shape index (κ2) is 7.63. The zero-order chi connectivity index (χ0) is 16.9. The zero-order valence-electron chi connectivity index (χ0n) is 14.5. The molecule has 0 radical (unpaired) electrons. The van der Waals surface area contributed by atoms with Gasteiger partial charge in [0.2, 0.25) is 0 Å². The van der Waals surface area contributed by atoms with E-state index in [0.717, 1.165) is 41.6 Å². The third-order valence-electron chi connectivity index (χ3n) is 4.72. The van der Waals surface area contributed by atoms with E-state index in [1.165, 1.54) is 12.8 Å². The lowest BCUT2D eigenvalue weighted by atomic mass is 9.98. The molecule has 1 saturated heterocycles. The maximum absolute atomic E-state index is 12.6. The van der Waals surface area contributed by atoms with Gasteiger partial charge in [-0.3, -0.25) is 9.69 Å². The van der Waals surface area contributed by atoms with Crippen LogP contribution in [-0.2, 0) is 0 Å². The summed E-state index contributed by atoms with van der Waals surface area (Å²) in [5, 5.41) is 0. The average molecular weight is 323 g/mol. The van der Waals surface area contributed by atoms with Crippen LogP contribution in [0.15, 0.2) is 48.5 Å². The van der Waals surface area contributed by atoms with Crippen molar-refractivity contribution in [1.29, 1.82) is 0 Å². The van der Waals surface area contributed by atoms with E-state index in [1.54, 1.807) is 0 Å². The summed E-state index contributed by atoms with van der Waals surface area (Å²) < 4.78 is 5.83. The summed E-state index contributed by atoms with van der Waals surface area (Å²) in [6.07, 6.45) is 2.38. The number of benzene rings is 2. The molecule has 0 atom stereocenters. The zero-order valence-corrected chi connectivity index (χ0v) is 14.5. The summed E-state index contributed by atoms with van der Waals surface area (Å²) in [6.45, 7) is 6.84. The fourth-order valence-corrected chi connectivity index (χ4v) is 3.15. The van der Waals surface area contributed by atoms with Crippen LogP contribution in [0.3, 0.4) is 0 Å². The maximum atomic E-state index is 12.6. The molecule has 0 spiro atoms. The highest BCUT2D eigenvalue weighted by Crippen LogP contribution is 2.24. The fraction of sp³-hybridized carbons (Fsp3) is 0.381. The Bertz CT molecular complexity index is 688. The van der Waals surface area contributed by atoms with Crippen molar-refractivity contribution in [3.05, 3.63) is 59.7 Å². The smallest absolute Gasteiger partial charge is 0.177 e. The Morgan fingerprint density at radius 1 is 1.08 bits per heavy atom. The first kappa shape index (κ1) is 16.7. The second-order valence-corrected chi connectivity index (χ2v) is 6.77. The highest BCUT2D eigenvalue weighted by atomic mass is 16.5. The number of likely N-dealkylation sites (tertiary alicyclic amines) is 1. The lowest BCUT2D eigenvalue weighted by Gasteiger charge is -2.29. The Morgan fingerprint density at radius 3 is 2.46 bits per heavy atom.